The maximum atomic E-state index is 11.4. The lowest BCUT2D eigenvalue weighted by Crippen LogP contribution is -2.22. The van der Waals surface area contributed by atoms with Crippen LogP contribution in [0.15, 0.2) is 47.5 Å². The van der Waals surface area contributed by atoms with Crippen LogP contribution in [0, 0.1) is 0 Å². The lowest BCUT2D eigenvalue weighted by Gasteiger charge is -2.11. The van der Waals surface area contributed by atoms with E-state index in [9.17, 15) is 25.2 Å². The Labute approximate surface area is 133 Å². The molecule has 0 saturated heterocycles. The Morgan fingerprint density at radius 3 is 2.26 bits per heavy atom. The number of carboxylic acid groups (broad SMARTS) is 1. The summed E-state index contributed by atoms with van der Waals surface area (Å²) in [5.74, 6) is -1.13. The van der Waals surface area contributed by atoms with Gasteiger partial charge in [0, 0.05) is 17.7 Å². The molecular weight excluding hydrogens is 298 g/mol. The molecular formula is C17H17NO5. The predicted molar refractivity (Wildman–Crippen MR) is 85.2 cm³/mol. The number of benzene rings is 2. The van der Waals surface area contributed by atoms with Gasteiger partial charge in [0.05, 0.1) is 0 Å². The van der Waals surface area contributed by atoms with Crippen LogP contribution in [0.2, 0.25) is 0 Å². The molecule has 2 rings (SSSR count). The molecule has 0 aromatic heterocycles. The topological polar surface area (TPSA) is 110 Å². The zero-order valence-corrected chi connectivity index (χ0v) is 12.5. The summed E-state index contributed by atoms with van der Waals surface area (Å²) >= 11 is 0. The van der Waals surface area contributed by atoms with Crippen LogP contribution in [-0.2, 0) is 11.2 Å². The van der Waals surface area contributed by atoms with E-state index in [-0.39, 0.29) is 29.2 Å². The SMILES string of the molecule is CC(=NC(Cc1ccc(O)cc1)C(=O)O)c1cc(O)ccc1O. The number of aromatic hydroxyl groups is 3. The lowest BCUT2D eigenvalue weighted by molar-refractivity contribution is -0.138. The average molecular weight is 315 g/mol. The summed E-state index contributed by atoms with van der Waals surface area (Å²) in [5.41, 5.74) is 1.30. The Kier molecular flexibility index (Phi) is 4.85. The number of rotatable bonds is 5. The normalized spacial score (nSPS) is 12.8. The highest BCUT2D eigenvalue weighted by molar-refractivity contribution is 6.02. The Morgan fingerprint density at radius 1 is 1.04 bits per heavy atom. The van der Waals surface area contributed by atoms with Gasteiger partial charge in [-0.3, -0.25) is 4.99 Å². The fourth-order valence-electron chi connectivity index (χ4n) is 2.16. The first-order valence-electron chi connectivity index (χ1n) is 6.94. The van der Waals surface area contributed by atoms with E-state index in [4.69, 9.17) is 0 Å². The van der Waals surface area contributed by atoms with E-state index < -0.39 is 12.0 Å². The summed E-state index contributed by atoms with van der Waals surface area (Å²) in [4.78, 5) is 15.6. The molecule has 1 unspecified atom stereocenters. The summed E-state index contributed by atoms with van der Waals surface area (Å²) in [6, 6.07) is 9.15. The number of phenolic OH excluding ortho intramolecular Hbond substituents is 3. The molecule has 0 bridgehead atoms. The van der Waals surface area contributed by atoms with Gasteiger partial charge in [-0.2, -0.15) is 0 Å². The zero-order valence-electron chi connectivity index (χ0n) is 12.5. The Bertz CT molecular complexity index is 737. The standard InChI is InChI=1S/C17H17NO5/c1-10(14-9-13(20)6-7-16(14)21)18-15(17(22)23)8-11-2-4-12(19)5-3-11/h2-7,9,15,19-21H,8H2,1H3,(H,22,23). The van der Waals surface area contributed by atoms with Crippen molar-refractivity contribution in [3.8, 4) is 17.2 Å². The lowest BCUT2D eigenvalue weighted by atomic mass is 10.0. The number of phenols is 3. The number of nitrogens with zero attached hydrogens (tertiary/aromatic N) is 1. The van der Waals surface area contributed by atoms with Gasteiger partial charge in [0.25, 0.3) is 0 Å². The van der Waals surface area contributed by atoms with Crippen molar-refractivity contribution in [2.45, 2.75) is 19.4 Å². The van der Waals surface area contributed by atoms with Gasteiger partial charge in [-0.1, -0.05) is 12.1 Å². The Balaban J connectivity index is 2.28. The molecule has 6 nitrogen and oxygen atoms in total. The van der Waals surface area contributed by atoms with E-state index in [1.54, 1.807) is 19.1 Å². The maximum absolute atomic E-state index is 11.4. The van der Waals surface area contributed by atoms with Crippen LogP contribution in [0.4, 0.5) is 0 Å². The van der Waals surface area contributed by atoms with Crippen LogP contribution >= 0.6 is 0 Å². The van der Waals surface area contributed by atoms with Crippen molar-refractivity contribution in [3.05, 3.63) is 53.6 Å². The molecule has 120 valence electrons. The number of aliphatic carboxylic acids is 1. The Hall–Kier alpha value is -3.02. The van der Waals surface area contributed by atoms with Crippen LogP contribution in [-0.4, -0.2) is 38.1 Å². The minimum Gasteiger partial charge on any atom is -0.508 e. The van der Waals surface area contributed by atoms with Crippen molar-refractivity contribution in [2.75, 3.05) is 0 Å². The summed E-state index contributed by atoms with van der Waals surface area (Å²) < 4.78 is 0. The van der Waals surface area contributed by atoms with Crippen molar-refractivity contribution < 1.29 is 25.2 Å². The van der Waals surface area contributed by atoms with Crippen molar-refractivity contribution in [1.29, 1.82) is 0 Å². The second-order valence-corrected chi connectivity index (χ2v) is 5.14. The van der Waals surface area contributed by atoms with Crippen LogP contribution < -0.4 is 0 Å². The molecule has 0 saturated carbocycles. The van der Waals surface area contributed by atoms with E-state index in [1.165, 1.54) is 30.3 Å². The molecule has 1 atom stereocenters. The van der Waals surface area contributed by atoms with Crippen LogP contribution in [0.25, 0.3) is 0 Å². The zero-order chi connectivity index (χ0) is 17.0. The molecule has 0 radical (unpaired) electrons. The average Bonchev–Trinajstić information content (AvgIpc) is 2.51. The molecule has 0 aliphatic carbocycles. The van der Waals surface area contributed by atoms with Gasteiger partial charge in [-0.05, 0) is 42.8 Å². The molecule has 0 amide bonds. The fraction of sp³-hybridized carbons (Fsp3) is 0.176. The van der Waals surface area contributed by atoms with E-state index in [0.29, 0.717) is 11.3 Å². The predicted octanol–water partition coefficient (Wildman–Crippen LogP) is 2.31. The van der Waals surface area contributed by atoms with Gasteiger partial charge < -0.3 is 20.4 Å². The third-order valence-corrected chi connectivity index (χ3v) is 3.37. The largest absolute Gasteiger partial charge is 0.508 e. The first-order valence-corrected chi connectivity index (χ1v) is 6.94. The third-order valence-electron chi connectivity index (χ3n) is 3.37. The Morgan fingerprint density at radius 2 is 1.65 bits per heavy atom. The summed E-state index contributed by atoms with van der Waals surface area (Å²) in [6.07, 6.45) is 0.145. The fourth-order valence-corrected chi connectivity index (χ4v) is 2.16. The maximum Gasteiger partial charge on any atom is 0.328 e. The first kappa shape index (κ1) is 16.4. The van der Waals surface area contributed by atoms with E-state index in [1.807, 2.05) is 0 Å². The second kappa shape index (κ2) is 6.83. The third kappa shape index (κ3) is 4.23. The van der Waals surface area contributed by atoms with Gasteiger partial charge in [-0.15, -0.1) is 0 Å². The van der Waals surface area contributed by atoms with Crippen LogP contribution in [0.5, 0.6) is 17.2 Å². The van der Waals surface area contributed by atoms with Crippen LogP contribution in [0.3, 0.4) is 0 Å². The number of aliphatic imine (C=N–C) groups is 1. The number of carbonyl (C=O) groups is 1. The molecule has 0 heterocycles. The molecule has 0 aliphatic rings. The van der Waals surface area contributed by atoms with E-state index in [0.717, 1.165) is 0 Å². The van der Waals surface area contributed by atoms with Crippen molar-refractivity contribution in [1.82, 2.24) is 0 Å². The van der Waals surface area contributed by atoms with E-state index >= 15 is 0 Å². The molecule has 6 heteroatoms. The highest BCUT2D eigenvalue weighted by Crippen LogP contribution is 2.23. The first-order chi connectivity index (χ1) is 10.9. The summed E-state index contributed by atoms with van der Waals surface area (Å²) in [5, 5.41) is 37.9. The smallest absolute Gasteiger partial charge is 0.328 e. The monoisotopic (exact) mass is 315 g/mol. The van der Waals surface area contributed by atoms with Gasteiger partial charge in [-0.25, -0.2) is 4.79 Å². The number of hydrogen-bond donors (Lipinski definition) is 4. The van der Waals surface area contributed by atoms with Gasteiger partial charge in [0.15, 0.2) is 6.04 Å². The summed E-state index contributed by atoms with van der Waals surface area (Å²) in [6.45, 7) is 1.57. The minimum absolute atomic E-state index is 0.0437. The second-order valence-electron chi connectivity index (χ2n) is 5.14. The quantitative estimate of drug-likeness (QED) is 0.500. The molecule has 23 heavy (non-hydrogen) atoms. The molecule has 4 N–H and O–H groups in total. The molecule has 2 aromatic rings. The van der Waals surface area contributed by atoms with Gasteiger partial charge in [0.2, 0.25) is 0 Å². The molecule has 0 spiro atoms. The van der Waals surface area contributed by atoms with Gasteiger partial charge >= 0.3 is 5.97 Å². The van der Waals surface area contributed by atoms with E-state index in [2.05, 4.69) is 4.99 Å². The van der Waals surface area contributed by atoms with Gasteiger partial charge in [0.1, 0.15) is 17.2 Å². The minimum atomic E-state index is -1.10. The van der Waals surface area contributed by atoms with Crippen LogP contribution in [0.1, 0.15) is 18.1 Å². The molecule has 0 aliphatic heterocycles. The molecule has 0 fully saturated rings. The number of carboxylic acids is 1. The van der Waals surface area contributed by atoms with Crippen molar-refractivity contribution in [2.24, 2.45) is 4.99 Å². The van der Waals surface area contributed by atoms with Crippen molar-refractivity contribution in [3.63, 3.8) is 0 Å². The summed E-state index contributed by atoms with van der Waals surface area (Å²) in [7, 11) is 0. The number of hydrogen-bond acceptors (Lipinski definition) is 5. The molecule has 2 aromatic carbocycles. The highest BCUT2D eigenvalue weighted by Gasteiger charge is 2.18. The highest BCUT2D eigenvalue weighted by atomic mass is 16.4. The van der Waals surface area contributed by atoms with Crippen molar-refractivity contribution >= 4 is 11.7 Å².